The summed E-state index contributed by atoms with van der Waals surface area (Å²) in [4.78, 5) is 28.5. The van der Waals surface area contributed by atoms with Gasteiger partial charge in [-0.15, -0.1) is 0 Å². The third-order valence-corrected chi connectivity index (χ3v) is 2.73. The fourth-order valence-corrected chi connectivity index (χ4v) is 1.87. The minimum atomic E-state index is -0.0489. The van der Waals surface area contributed by atoms with E-state index in [1.165, 1.54) is 4.90 Å². The van der Waals surface area contributed by atoms with Gasteiger partial charge in [-0.1, -0.05) is 0 Å². The number of imidazole rings is 1. The van der Waals surface area contributed by atoms with Crippen LogP contribution in [0.3, 0.4) is 0 Å². The van der Waals surface area contributed by atoms with E-state index in [1.807, 2.05) is 17.8 Å². The van der Waals surface area contributed by atoms with Crippen molar-refractivity contribution < 1.29 is 9.59 Å². The van der Waals surface area contributed by atoms with Gasteiger partial charge in [0.1, 0.15) is 0 Å². The number of likely N-dealkylation sites (tertiary alicyclic amines) is 1. The van der Waals surface area contributed by atoms with Crippen molar-refractivity contribution in [3.8, 4) is 0 Å². The van der Waals surface area contributed by atoms with Crippen molar-refractivity contribution in [2.45, 2.75) is 25.7 Å². The standard InChI is InChI=1S/C11H15N3O2/c1-13-7-9(12-8-13)5-6-14-10(15)3-2-4-11(14)16/h7-8H,2-6H2,1H3. The molecule has 0 spiro atoms. The molecule has 0 N–H and O–H groups in total. The molecule has 0 atom stereocenters. The van der Waals surface area contributed by atoms with E-state index in [2.05, 4.69) is 4.98 Å². The number of hydrogen-bond donors (Lipinski definition) is 0. The minimum absolute atomic E-state index is 0.0489. The van der Waals surface area contributed by atoms with Gasteiger partial charge in [-0.2, -0.15) is 0 Å². The van der Waals surface area contributed by atoms with Gasteiger partial charge >= 0.3 is 0 Å². The Morgan fingerprint density at radius 3 is 2.56 bits per heavy atom. The third kappa shape index (κ3) is 2.29. The fraction of sp³-hybridized carbons (Fsp3) is 0.545. The summed E-state index contributed by atoms with van der Waals surface area (Å²) in [5, 5.41) is 0. The van der Waals surface area contributed by atoms with Crippen molar-refractivity contribution in [3.63, 3.8) is 0 Å². The van der Waals surface area contributed by atoms with Crippen LogP contribution in [0.4, 0.5) is 0 Å². The van der Waals surface area contributed by atoms with Crippen LogP contribution < -0.4 is 0 Å². The highest BCUT2D eigenvalue weighted by atomic mass is 16.2. The molecular weight excluding hydrogens is 206 g/mol. The number of hydrogen-bond acceptors (Lipinski definition) is 3. The van der Waals surface area contributed by atoms with Gasteiger partial charge in [-0.3, -0.25) is 14.5 Å². The molecule has 5 nitrogen and oxygen atoms in total. The smallest absolute Gasteiger partial charge is 0.229 e. The Kier molecular flexibility index (Phi) is 3.03. The Morgan fingerprint density at radius 2 is 2.00 bits per heavy atom. The normalized spacial score (nSPS) is 16.9. The van der Waals surface area contributed by atoms with Gasteiger partial charge in [0.15, 0.2) is 0 Å². The Labute approximate surface area is 94.1 Å². The topological polar surface area (TPSA) is 55.2 Å². The molecule has 16 heavy (non-hydrogen) atoms. The van der Waals surface area contributed by atoms with Crippen LogP contribution in [-0.2, 0) is 23.1 Å². The first kappa shape index (κ1) is 10.9. The number of piperidine rings is 1. The van der Waals surface area contributed by atoms with Crippen molar-refractivity contribution in [2.24, 2.45) is 7.05 Å². The molecular formula is C11H15N3O2. The third-order valence-electron chi connectivity index (χ3n) is 2.73. The van der Waals surface area contributed by atoms with Gasteiger partial charge in [0, 0.05) is 39.1 Å². The Hall–Kier alpha value is -1.65. The zero-order valence-electron chi connectivity index (χ0n) is 9.35. The minimum Gasteiger partial charge on any atom is -0.340 e. The van der Waals surface area contributed by atoms with Crippen LogP contribution in [0, 0.1) is 0 Å². The van der Waals surface area contributed by atoms with E-state index in [-0.39, 0.29) is 11.8 Å². The number of amides is 2. The van der Waals surface area contributed by atoms with Gasteiger partial charge in [0.2, 0.25) is 11.8 Å². The highest BCUT2D eigenvalue weighted by Gasteiger charge is 2.25. The molecule has 0 radical (unpaired) electrons. The molecule has 86 valence electrons. The fourth-order valence-electron chi connectivity index (χ4n) is 1.87. The maximum absolute atomic E-state index is 11.5. The van der Waals surface area contributed by atoms with Crippen LogP contribution in [0.5, 0.6) is 0 Å². The second kappa shape index (κ2) is 4.47. The van der Waals surface area contributed by atoms with E-state index < -0.39 is 0 Å². The molecule has 0 bridgehead atoms. The zero-order valence-corrected chi connectivity index (χ0v) is 9.35. The first-order chi connectivity index (χ1) is 7.66. The quantitative estimate of drug-likeness (QED) is 0.698. The lowest BCUT2D eigenvalue weighted by Crippen LogP contribution is -2.41. The van der Waals surface area contributed by atoms with Crippen LogP contribution >= 0.6 is 0 Å². The highest BCUT2D eigenvalue weighted by Crippen LogP contribution is 2.12. The van der Waals surface area contributed by atoms with Crippen LogP contribution in [0.15, 0.2) is 12.5 Å². The van der Waals surface area contributed by atoms with Crippen LogP contribution in [0.25, 0.3) is 0 Å². The molecule has 1 aromatic heterocycles. The van der Waals surface area contributed by atoms with Crippen molar-refractivity contribution in [1.82, 2.24) is 14.5 Å². The lowest BCUT2D eigenvalue weighted by molar-refractivity contribution is -0.147. The Morgan fingerprint density at radius 1 is 1.31 bits per heavy atom. The van der Waals surface area contributed by atoms with Crippen molar-refractivity contribution in [2.75, 3.05) is 6.54 Å². The maximum Gasteiger partial charge on any atom is 0.229 e. The summed E-state index contributed by atoms with van der Waals surface area (Å²) in [7, 11) is 1.90. The number of nitrogens with zero attached hydrogens (tertiary/aromatic N) is 3. The molecule has 0 saturated carbocycles. The van der Waals surface area contributed by atoms with E-state index in [9.17, 15) is 9.59 Å². The molecule has 1 aliphatic heterocycles. The number of imide groups is 1. The summed E-state index contributed by atoms with van der Waals surface area (Å²) in [5.74, 6) is -0.0978. The number of aryl methyl sites for hydroxylation is 1. The summed E-state index contributed by atoms with van der Waals surface area (Å²) in [6.45, 7) is 0.453. The van der Waals surface area contributed by atoms with Gasteiger partial charge in [-0.05, 0) is 6.42 Å². The summed E-state index contributed by atoms with van der Waals surface area (Å²) in [6, 6.07) is 0. The van der Waals surface area contributed by atoms with Crippen LogP contribution in [0.2, 0.25) is 0 Å². The molecule has 2 heterocycles. The molecule has 2 rings (SSSR count). The van der Waals surface area contributed by atoms with Gasteiger partial charge < -0.3 is 4.57 Å². The molecule has 1 aliphatic rings. The summed E-state index contributed by atoms with van der Waals surface area (Å²) in [6.07, 6.45) is 5.94. The number of aromatic nitrogens is 2. The second-order valence-electron chi connectivity index (χ2n) is 4.07. The van der Waals surface area contributed by atoms with E-state index in [4.69, 9.17) is 0 Å². The number of carbonyl (C=O) groups is 2. The lowest BCUT2D eigenvalue weighted by Gasteiger charge is -2.24. The van der Waals surface area contributed by atoms with E-state index in [0.717, 1.165) is 5.69 Å². The van der Waals surface area contributed by atoms with Gasteiger partial charge in [0.25, 0.3) is 0 Å². The van der Waals surface area contributed by atoms with E-state index in [0.29, 0.717) is 32.2 Å². The monoisotopic (exact) mass is 221 g/mol. The zero-order chi connectivity index (χ0) is 11.5. The molecule has 1 fully saturated rings. The van der Waals surface area contributed by atoms with Crippen LogP contribution in [0.1, 0.15) is 25.0 Å². The molecule has 2 amide bonds. The predicted octanol–water partition coefficient (Wildman–Crippen LogP) is 0.502. The lowest BCUT2D eigenvalue weighted by atomic mass is 10.1. The largest absolute Gasteiger partial charge is 0.340 e. The Balaban J connectivity index is 1.93. The second-order valence-corrected chi connectivity index (χ2v) is 4.07. The SMILES string of the molecule is Cn1cnc(CCN2C(=O)CCCC2=O)c1. The first-order valence-electron chi connectivity index (χ1n) is 5.47. The summed E-state index contributed by atoms with van der Waals surface area (Å²) >= 11 is 0. The van der Waals surface area contributed by atoms with Crippen molar-refractivity contribution in [3.05, 3.63) is 18.2 Å². The molecule has 0 aliphatic carbocycles. The number of rotatable bonds is 3. The average molecular weight is 221 g/mol. The average Bonchev–Trinajstić information content (AvgIpc) is 2.63. The predicted molar refractivity (Wildman–Crippen MR) is 57.5 cm³/mol. The van der Waals surface area contributed by atoms with E-state index in [1.54, 1.807) is 6.33 Å². The van der Waals surface area contributed by atoms with Crippen LogP contribution in [-0.4, -0.2) is 32.8 Å². The maximum atomic E-state index is 11.5. The van der Waals surface area contributed by atoms with Crippen molar-refractivity contribution in [1.29, 1.82) is 0 Å². The number of carbonyl (C=O) groups excluding carboxylic acids is 2. The molecule has 0 unspecified atom stereocenters. The van der Waals surface area contributed by atoms with E-state index >= 15 is 0 Å². The molecule has 0 aromatic carbocycles. The summed E-state index contributed by atoms with van der Waals surface area (Å²) in [5.41, 5.74) is 0.911. The Bertz CT molecular complexity index is 395. The van der Waals surface area contributed by atoms with Crippen molar-refractivity contribution >= 4 is 11.8 Å². The first-order valence-corrected chi connectivity index (χ1v) is 5.47. The summed E-state index contributed by atoms with van der Waals surface area (Å²) < 4.78 is 1.86. The highest BCUT2D eigenvalue weighted by molar-refractivity contribution is 5.97. The van der Waals surface area contributed by atoms with Gasteiger partial charge in [0.05, 0.1) is 12.0 Å². The van der Waals surface area contributed by atoms with Gasteiger partial charge in [-0.25, -0.2) is 4.98 Å². The molecule has 5 heteroatoms. The molecule has 1 aromatic rings. The molecule has 1 saturated heterocycles.